The van der Waals surface area contributed by atoms with Crippen LogP contribution in [-0.2, 0) is 4.79 Å². The molecule has 0 fully saturated rings. The number of hydrogen-bond acceptors (Lipinski definition) is 6. The number of rotatable bonds is 8. The van der Waals surface area contributed by atoms with Crippen molar-refractivity contribution in [2.24, 2.45) is 0 Å². The van der Waals surface area contributed by atoms with E-state index in [2.05, 4.69) is 10.1 Å². The fourth-order valence-electron chi connectivity index (χ4n) is 2.13. The highest BCUT2D eigenvalue weighted by Crippen LogP contribution is 2.32. The SMILES string of the molecule is COc1ccc([N+](=O)[O-])cc1OC(C)C(=O)Nc1ccc(OC(F)F)c(Cl)c1. The molecule has 0 aromatic heterocycles. The summed E-state index contributed by atoms with van der Waals surface area (Å²) in [7, 11) is 1.35. The van der Waals surface area contributed by atoms with Gasteiger partial charge in [0.1, 0.15) is 5.75 Å². The largest absolute Gasteiger partial charge is 0.493 e. The van der Waals surface area contributed by atoms with E-state index in [1.165, 1.54) is 44.4 Å². The van der Waals surface area contributed by atoms with Crippen LogP contribution < -0.4 is 19.5 Å². The average molecular weight is 417 g/mol. The molecule has 0 aliphatic heterocycles. The lowest BCUT2D eigenvalue weighted by Crippen LogP contribution is -2.30. The van der Waals surface area contributed by atoms with Crippen molar-refractivity contribution in [2.75, 3.05) is 12.4 Å². The van der Waals surface area contributed by atoms with Gasteiger partial charge in [0.15, 0.2) is 17.6 Å². The van der Waals surface area contributed by atoms with Gasteiger partial charge in [-0.2, -0.15) is 8.78 Å². The highest BCUT2D eigenvalue weighted by molar-refractivity contribution is 6.32. The maximum absolute atomic E-state index is 12.3. The molecule has 0 aliphatic carbocycles. The van der Waals surface area contributed by atoms with E-state index < -0.39 is 23.5 Å². The van der Waals surface area contributed by atoms with Gasteiger partial charge in [-0.1, -0.05) is 11.6 Å². The molecule has 11 heteroatoms. The molecule has 1 atom stereocenters. The number of hydrogen-bond donors (Lipinski definition) is 1. The molecule has 1 amide bonds. The van der Waals surface area contributed by atoms with E-state index in [-0.39, 0.29) is 33.6 Å². The third kappa shape index (κ3) is 5.43. The number of nitrogens with one attached hydrogen (secondary N) is 1. The van der Waals surface area contributed by atoms with Gasteiger partial charge in [-0.15, -0.1) is 0 Å². The molecule has 0 saturated heterocycles. The van der Waals surface area contributed by atoms with Gasteiger partial charge >= 0.3 is 6.61 Å². The third-order valence-corrected chi connectivity index (χ3v) is 3.74. The predicted molar refractivity (Wildman–Crippen MR) is 96.5 cm³/mol. The van der Waals surface area contributed by atoms with Crippen LogP contribution in [-0.4, -0.2) is 30.7 Å². The number of non-ortho nitro benzene ring substituents is 1. The Balaban J connectivity index is 2.10. The minimum atomic E-state index is -3.03. The lowest BCUT2D eigenvalue weighted by Gasteiger charge is -2.17. The van der Waals surface area contributed by atoms with Crippen LogP contribution in [0.5, 0.6) is 17.2 Å². The van der Waals surface area contributed by atoms with Crippen LogP contribution in [0, 0.1) is 10.1 Å². The number of halogens is 3. The average Bonchev–Trinajstić information content (AvgIpc) is 2.63. The van der Waals surface area contributed by atoms with Crippen molar-refractivity contribution in [1.29, 1.82) is 0 Å². The van der Waals surface area contributed by atoms with E-state index in [9.17, 15) is 23.7 Å². The minimum Gasteiger partial charge on any atom is -0.493 e. The highest BCUT2D eigenvalue weighted by Gasteiger charge is 2.20. The second-order valence-electron chi connectivity index (χ2n) is 5.37. The van der Waals surface area contributed by atoms with Crippen molar-refractivity contribution in [3.05, 3.63) is 51.5 Å². The Morgan fingerprint density at radius 1 is 1.14 bits per heavy atom. The molecule has 2 aromatic carbocycles. The maximum atomic E-state index is 12.3. The molecule has 0 radical (unpaired) electrons. The van der Waals surface area contributed by atoms with Crippen LogP contribution in [0.15, 0.2) is 36.4 Å². The molecule has 2 rings (SSSR count). The van der Waals surface area contributed by atoms with E-state index >= 15 is 0 Å². The van der Waals surface area contributed by atoms with Gasteiger partial charge < -0.3 is 19.5 Å². The van der Waals surface area contributed by atoms with Gasteiger partial charge in [0.05, 0.1) is 23.1 Å². The van der Waals surface area contributed by atoms with Gasteiger partial charge in [0.25, 0.3) is 11.6 Å². The molecule has 0 spiro atoms. The van der Waals surface area contributed by atoms with Gasteiger partial charge in [-0.25, -0.2) is 0 Å². The summed E-state index contributed by atoms with van der Waals surface area (Å²) in [4.78, 5) is 22.6. The van der Waals surface area contributed by atoms with Crippen LogP contribution in [0.2, 0.25) is 5.02 Å². The monoisotopic (exact) mass is 416 g/mol. The summed E-state index contributed by atoms with van der Waals surface area (Å²) in [5.41, 5.74) is -0.0112. The first kappa shape index (κ1) is 21.2. The summed E-state index contributed by atoms with van der Waals surface area (Å²) >= 11 is 5.83. The third-order valence-electron chi connectivity index (χ3n) is 3.45. The minimum absolute atomic E-state index is 0.0121. The molecule has 1 N–H and O–H groups in total. The fourth-order valence-corrected chi connectivity index (χ4v) is 2.35. The topological polar surface area (TPSA) is 99.9 Å². The van der Waals surface area contributed by atoms with Gasteiger partial charge in [0.2, 0.25) is 0 Å². The first-order valence-corrected chi connectivity index (χ1v) is 8.13. The molecule has 2 aromatic rings. The molecule has 28 heavy (non-hydrogen) atoms. The zero-order valence-electron chi connectivity index (χ0n) is 14.6. The summed E-state index contributed by atoms with van der Waals surface area (Å²) in [5.74, 6) is -0.618. The summed E-state index contributed by atoms with van der Waals surface area (Å²) in [5, 5.41) is 13.3. The summed E-state index contributed by atoms with van der Waals surface area (Å²) in [6.45, 7) is -1.61. The molecular weight excluding hydrogens is 402 g/mol. The standard InChI is InChI=1S/C17H15ClF2N2O6/c1-9(27-15-8-11(22(24)25)4-6-14(15)26-2)16(23)21-10-3-5-13(12(18)7-10)28-17(19)20/h3-9,17H,1-2H3,(H,21,23). The molecular formula is C17H15ClF2N2O6. The van der Waals surface area contributed by atoms with Crippen molar-refractivity contribution in [3.63, 3.8) is 0 Å². The number of carbonyl (C=O) groups is 1. The number of nitro groups is 1. The van der Waals surface area contributed by atoms with Gasteiger partial charge in [-0.3, -0.25) is 14.9 Å². The molecule has 0 bridgehead atoms. The first-order valence-electron chi connectivity index (χ1n) is 7.75. The van der Waals surface area contributed by atoms with Crippen LogP contribution in [0.3, 0.4) is 0 Å². The lowest BCUT2D eigenvalue weighted by molar-refractivity contribution is -0.385. The second-order valence-corrected chi connectivity index (χ2v) is 5.77. The molecule has 1 unspecified atom stereocenters. The van der Waals surface area contributed by atoms with Crippen LogP contribution in [0.25, 0.3) is 0 Å². The molecule has 150 valence electrons. The zero-order chi connectivity index (χ0) is 20.8. The van der Waals surface area contributed by atoms with Crippen molar-refractivity contribution >= 4 is 28.9 Å². The maximum Gasteiger partial charge on any atom is 0.387 e. The van der Waals surface area contributed by atoms with Gasteiger partial charge in [-0.05, 0) is 31.2 Å². The normalized spacial score (nSPS) is 11.6. The Morgan fingerprint density at radius 3 is 2.39 bits per heavy atom. The molecule has 0 aliphatic rings. The lowest BCUT2D eigenvalue weighted by atomic mass is 10.2. The van der Waals surface area contributed by atoms with Crippen molar-refractivity contribution in [2.45, 2.75) is 19.6 Å². The number of amides is 1. The van der Waals surface area contributed by atoms with Crippen molar-refractivity contribution < 1.29 is 32.7 Å². The molecule has 0 heterocycles. The summed E-state index contributed by atoms with van der Waals surface area (Å²) < 4.78 is 39.2. The van der Waals surface area contributed by atoms with Crippen molar-refractivity contribution in [1.82, 2.24) is 0 Å². The summed E-state index contributed by atoms with van der Waals surface area (Å²) in [6, 6.07) is 7.45. The van der Waals surface area contributed by atoms with E-state index in [0.717, 1.165) is 6.07 Å². The summed E-state index contributed by atoms with van der Waals surface area (Å²) in [6.07, 6.45) is -1.06. The smallest absolute Gasteiger partial charge is 0.387 e. The number of carbonyl (C=O) groups excluding carboxylic acids is 1. The number of ether oxygens (including phenoxy) is 3. The number of benzene rings is 2. The number of alkyl halides is 2. The Kier molecular flexibility index (Phi) is 6.94. The molecule has 0 saturated carbocycles. The number of nitrogens with zero attached hydrogens (tertiary/aromatic N) is 1. The zero-order valence-corrected chi connectivity index (χ0v) is 15.4. The predicted octanol–water partition coefficient (Wildman–Crippen LogP) is 4.26. The Hall–Kier alpha value is -3.14. The number of nitro benzene ring substituents is 1. The van der Waals surface area contributed by atoms with E-state index in [0.29, 0.717) is 0 Å². The Bertz CT molecular complexity index is 881. The van der Waals surface area contributed by atoms with E-state index in [4.69, 9.17) is 21.1 Å². The number of methoxy groups -OCH3 is 1. The fraction of sp³-hybridized carbons (Fsp3) is 0.235. The Morgan fingerprint density at radius 2 is 1.82 bits per heavy atom. The number of anilines is 1. The first-order chi connectivity index (χ1) is 13.2. The molecule has 8 nitrogen and oxygen atoms in total. The van der Waals surface area contributed by atoms with E-state index in [1.807, 2.05) is 0 Å². The highest BCUT2D eigenvalue weighted by atomic mass is 35.5. The second kappa shape index (κ2) is 9.18. The van der Waals surface area contributed by atoms with Crippen LogP contribution in [0.1, 0.15) is 6.92 Å². The quantitative estimate of drug-likeness (QED) is 0.509. The van der Waals surface area contributed by atoms with Crippen LogP contribution in [0.4, 0.5) is 20.2 Å². The van der Waals surface area contributed by atoms with Crippen molar-refractivity contribution in [3.8, 4) is 17.2 Å². The Labute approximate surface area is 163 Å². The van der Waals surface area contributed by atoms with Gasteiger partial charge in [0, 0.05) is 11.8 Å². The van der Waals surface area contributed by atoms with E-state index in [1.54, 1.807) is 0 Å². The van der Waals surface area contributed by atoms with Crippen LogP contribution >= 0.6 is 11.6 Å².